The predicted octanol–water partition coefficient (Wildman–Crippen LogP) is 5.57. The van der Waals surface area contributed by atoms with Gasteiger partial charge in [-0.3, -0.25) is 4.99 Å². The van der Waals surface area contributed by atoms with Crippen LogP contribution in [0.5, 0.6) is 11.5 Å². The summed E-state index contributed by atoms with van der Waals surface area (Å²) in [5.41, 5.74) is 3.23. The van der Waals surface area contributed by atoms with E-state index in [0.29, 0.717) is 13.2 Å². The molecule has 0 fully saturated rings. The van der Waals surface area contributed by atoms with Crippen molar-refractivity contribution in [3.63, 3.8) is 0 Å². The van der Waals surface area contributed by atoms with E-state index in [2.05, 4.69) is 53.2 Å². The highest BCUT2D eigenvalue weighted by Gasteiger charge is 2.11. The monoisotopic (exact) mass is 435 g/mol. The first-order chi connectivity index (χ1) is 11.7. The van der Waals surface area contributed by atoms with Gasteiger partial charge in [0, 0.05) is 6.21 Å². The number of nitrogens with zero attached hydrogens (tertiary/aromatic N) is 1. The maximum absolute atomic E-state index is 5.72. The quantitative estimate of drug-likeness (QED) is 0.309. The van der Waals surface area contributed by atoms with Gasteiger partial charge < -0.3 is 9.47 Å². The second-order valence-corrected chi connectivity index (χ2v) is 6.30. The van der Waals surface area contributed by atoms with Crippen molar-refractivity contribution in [3.8, 4) is 11.5 Å². The second kappa shape index (κ2) is 9.47. The molecule has 0 aliphatic carbocycles. The van der Waals surface area contributed by atoms with Crippen LogP contribution in [0.3, 0.4) is 0 Å². The number of halogens is 1. The minimum absolute atomic E-state index is 0.452. The summed E-state index contributed by atoms with van der Waals surface area (Å²) in [6.07, 6.45) is 4.61. The molecule has 0 atom stereocenters. The molecule has 0 spiro atoms. The van der Waals surface area contributed by atoms with Crippen molar-refractivity contribution in [2.75, 3.05) is 13.2 Å². The van der Waals surface area contributed by atoms with E-state index in [4.69, 9.17) is 9.47 Å². The van der Waals surface area contributed by atoms with Crippen LogP contribution in [0.4, 0.5) is 5.69 Å². The summed E-state index contributed by atoms with van der Waals surface area (Å²) in [6.45, 7) is 8.82. The Kier molecular flexibility index (Phi) is 7.31. The number of ether oxygens (including phenoxy) is 2. The van der Waals surface area contributed by atoms with Crippen LogP contribution in [0.25, 0.3) is 0 Å². The molecule has 0 saturated heterocycles. The molecule has 0 aliphatic heterocycles. The first-order valence-corrected chi connectivity index (χ1v) is 9.08. The zero-order valence-corrected chi connectivity index (χ0v) is 16.2. The van der Waals surface area contributed by atoms with Crippen molar-refractivity contribution in [2.24, 2.45) is 4.99 Å². The van der Waals surface area contributed by atoms with Gasteiger partial charge in [-0.25, -0.2) is 0 Å². The Morgan fingerprint density at radius 2 is 1.88 bits per heavy atom. The van der Waals surface area contributed by atoms with Crippen molar-refractivity contribution in [1.29, 1.82) is 0 Å². The molecule has 0 unspecified atom stereocenters. The molecule has 2 aromatic rings. The Morgan fingerprint density at radius 1 is 1.12 bits per heavy atom. The van der Waals surface area contributed by atoms with Crippen LogP contribution in [0.1, 0.15) is 25.0 Å². The molecule has 2 aromatic carbocycles. The van der Waals surface area contributed by atoms with Crippen molar-refractivity contribution >= 4 is 34.5 Å². The zero-order chi connectivity index (χ0) is 17.4. The topological polar surface area (TPSA) is 30.8 Å². The fourth-order valence-corrected chi connectivity index (χ4v) is 2.96. The Hall–Kier alpha value is -1.82. The Labute approximate surface area is 157 Å². The van der Waals surface area contributed by atoms with Crippen molar-refractivity contribution in [1.82, 2.24) is 0 Å². The minimum Gasteiger partial charge on any atom is -0.490 e. The normalized spacial score (nSPS) is 10.8. The van der Waals surface area contributed by atoms with Crippen molar-refractivity contribution < 1.29 is 9.47 Å². The molecule has 0 saturated carbocycles. The number of hydrogen-bond acceptors (Lipinski definition) is 3. The first-order valence-electron chi connectivity index (χ1n) is 8.01. The molecule has 0 N–H and O–H groups in total. The molecule has 4 heteroatoms. The summed E-state index contributed by atoms with van der Waals surface area (Å²) in [7, 11) is 0. The fraction of sp³-hybridized carbons (Fsp3) is 0.250. The average molecular weight is 435 g/mol. The molecule has 3 nitrogen and oxygen atoms in total. The third-order valence-corrected chi connectivity index (χ3v) is 4.19. The number of aliphatic imine (C=N–C) groups is 1. The third kappa shape index (κ3) is 5.09. The lowest BCUT2D eigenvalue weighted by molar-refractivity contribution is 0.295. The number of benzene rings is 2. The molecule has 0 radical (unpaired) electrons. The lowest BCUT2D eigenvalue weighted by Gasteiger charge is -2.13. The molecule has 126 valence electrons. The van der Waals surface area contributed by atoms with Crippen molar-refractivity contribution in [3.05, 3.63) is 63.8 Å². The number of hydrogen-bond donors (Lipinski definition) is 0. The van der Waals surface area contributed by atoms with Gasteiger partial charge in [0.25, 0.3) is 0 Å². The highest BCUT2D eigenvalue weighted by atomic mass is 127. The summed E-state index contributed by atoms with van der Waals surface area (Å²) in [5, 5.41) is 0. The van der Waals surface area contributed by atoms with Crippen LogP contribution in [0, 0.1) is 3.57 Å². The van der Waals surface area contributed by atoms with Crippen LogP contribution in [-0.4, -0.2) is 19.4 Å². The smallest absolute Gasteiger partial charge is 0.174 e. The van der Waals surface area contributed by atoms with E-state index in [1.165, 1.54) is 5.56 Å². The van der Waals surface area contributed by atoms with Gasteiger partial charge in [-0.05, 0) is 71.3 Å². The molecule has 2 rings (SSSR count). The Bertz CT molecular complexity index is 708. The predicted molar refractivity (Wildman–Crippen MR) is 109 cm³/mol. The van der Waals surface area contributed by atoms with E-state index in [9.17, 15) is 0 Å². The zero-order valence-electron chi connectivity index (χ0n) is 14.1. The minimum atomic E-state index is 0.452. The van der Waals surface area contributed by atoms with Crippen LogP contribution >= 0.6 is 22.6 Å². The van der Waals surface area contributed by atoms with E-state index in [-0.39, 0.29) is 0 Å². The summed E-state index contributed by atoms with van der Waals surface area (Å²) < 4.78 is 12.4. The second-order valence-electron chi connectivity index (χ2n) is 5.14. The summed E-state index contributed by atoms with van der Waals surface area (Å²) in [6, 6.07) is 12.3. The fourth-order valence-electron chi connectivity index (χ4n) is 2.17. The standard InChI is InChI=1S/C20H22INO2/c1-4-11-24-20-18(21)12-16(13-19(20)23-6-3)14-22-17-9-7-15(5-2)8-10-17/h4,7-10,12-14H,1,5-6,11H2,2-3H3. The van der Waals surface area contributed by atoms with Gasteiger partial charge in [0.1, 0.15) is 6.61 Å². The third-order valence-electron chi connectivity index (χ3n) is 3.38. The summed E-state index contributed by atoms with van der Waals surface area (Å²) in [4.78, 5) is 4.55. The molecule has 0 bridgehead atoms. The Balaban J connectivity index is 2.25. The molecular formula is C20H22INO2. The lowest BCUT2D eigenvalue weighted by atomic mass is 10.1. The van der Waals surface area contributed by atoms with Gasteiger partial charge in [0.05, 0.1) is 15.9 Å². The number of rotatable bonds is 8. The van der Waals surface area contributed by atoms with E-state index in [1.54, 1.807) is 6.08 Å². The molecule has 0 heterocycles. The SMILES string of the molecule is C=CCOc1c(I)cc(C=Nc2ccc(CC)cc2)cc1OCC. The Morgan fingerprint density at radius 3 is 2.50 bits per heavy atom. The van der Waals surface area contributed by atoms with Crippen LogP contribution in [0.2, 0.25) is 0 Å². The van der Waals surface area contributed by atoms with Gasteiger partial charge >= 0.3 is 0 Å². The largest absolute Gasteiger partial charge is 0.490 e. The van der Waals surface area contributed by atoms with Gasteiger partial charge in [0.15, 0.2) is 11.5 Å². The summed E-state index contributed by atoms with van der Waals surface area (Å²) in [5.74, 6) is 1.48. The molecule has 0 aromatic heterocycles. The van der Waals surface area contributed by atoms with Crippen LogP contribution < -0.4 is 9.47 Å². The lowest BCUT2D eigenvalue weighted by Crippen LogP contribution is -2.02. The first kappa shape index (κ1) is 18.5. The summed E-state index contributed by atoms with van der Waals surface area (Å²) >= 11 is 2.25. The van der Waals surface area contributed by atoms with Crippen molar-refractivity contribution in [2.45, 2.75) is 20.3 Å². The highest BCUT2D eigenvalue weighted by molar-refractivity contribution is 14.1. The van der Waals surface area contributed by atoms with E-state index < -0.39 is 0 Å². The van der Waals surface area contributed by atoms with Crippen LogP contribution in [0.15, 0.2) is 54.0 Å². The molecule has 0 amide bonds. The van der Waals surface area contributed by atoms with Gasteiger partial charge in [0.2, 0.25) is 0 Å². The molecule has 0 aliphatic rings. The molecule has 24 heavy (non-hydrogen) atoms. The van der Waals surface area contributed by atoms with Gasteiger partial charge in [-0.15, -0.1) is 0 Å². The van der Waals surface area contributed by atoms with E-state index in [0.717, 1.165) is 32.7 Å². The van der Waals surface area contributed by atoms with Crippen LogP contribution in [-0.2, 0) is 6.42 Å². The number of aryl methyl sites for hydroxylation is 1. The van der Waals surface area contributed by atoms with E-state index >= 15 is 0 Å². The average Bonchev–Trinajstić information content (AvgIpc) is 2.60. The molecular weight excluding hydrogens is 413 g/mol. The highest BCUT2D eigenvalue weighted by Crippen LogP contribution is 2.34. The van der Waals surface area contributed by atoms with E-state index in [1.807, 2.05) is 37.4 Å². The maximum Gasteiger partial charge on any atom is 0.174 e. The van der Waals surface area contributed by atoms with Gasteiger partial charge in [-0.2, -0.15) is 0 Å². The maximum atomic E-state index is 5.72. The van der Waals surface area contributed by atoms with Gasteiger partial charge in [-0.1, -0.05) is 31.7 Å².